The van der Waals surface area contributed by atoms with E-state index in [0.717, 1.165) is 33.4 Å². The molecule has 6 rings (SSSR count). The van der Waals surface area contributed by atoms with Gasteiger partial charge in [-0.25, -0.2) is 8.91 Å². The van der Waals surface area contributed by atoms with Gasteiger partial charge in [-0.15, -0.1) is 5.10 Å². The number of nitriles is 1. The molecule has 0 radical (unpaired) electrons. The molecule has 7 nitrogen and oxygen atoms in total. The second-order valence-corrected chi connectivity index (χ2v) is 8.92. The summed E-state index contributed by atoms with van der Waals surface area (Å²) in [6.45, 7) is 2.92. The van der Waals surface area contributed by atoms with E-state index in [0.29, 0.717) is 36.8 Å². The third-order valence-corrected chi connectivity index (χ3v) is 6.62. The fourth-order valence-corrected chi connectivity index (χ4v) is 4.92. The van der Waals surface area contributed by atoms with Gasteiger partial charge >= 0.3 is 0 Å². The van der Waals surface area contributed by atoms with Crippen molar-refractivity contribution in [3.63, 3.8) is 0 Å². The van der Waals surface area contributed by atoms with Crippen molar-refractivity contribution in [1.29, 1.82) is 5.26 Å². The third kappa shape index (κ3) is 3.70. The Balaban J connectivity index is 1.52. The van der Waals surface area contributed by atoms with E-state index < -0.39 is 6.17 Å². The average molecular weight is 466 g/mol. The first kappa shape index (κ1) is 21.3. The molecule has 1 aliphatic rings. The number of hydrogen-bond acceptors (Lipinski definition) is 5. The van der Waals surface area contributed by atoms with Crippen molar-refractivity contribution >= 4 is 22.2 Å². The minimum absolute atomic E-state index is 0.120. The molecule has 0 bridgehead atoms. The molecule has 0 spiro atoms. The van der Waals surface area contributed by atoms with Crippen LogP contribution in [0, 0.1) is 18.3 Å². The molecule has 2 aromatic carbocycles. The summed E-state index contributed by atoms with van der Waals surface area (Å²) >= 11 is 0. The van der Waals surface area contributed by atoms with Crippen LogP contribution in [-0.2, 0) is 6.54 Å². The van der Waals surface area contributed by atoms with E-state index in [2.05, 4.69) is 28.8 Å². The van der Waals surface area contributed by atoms with Gasteiger partial charge in [-0.1, -0.05) is 36.4 Å². The normalized spacial score (nSPS) is 17.7. The predicted molar refractivity (Wildman–Crippen MR) is 133 cm³/mol. The van der Waals surface area contributed by atoms with Gasteiger partial charge in [0.05, 0.1) is 28.9 Å². The molecule has 1 fully saturated rings. The van der Waals surface area contributed by atoms with E-state index >= 15 is 0 Å². The molecule has 2 N–H and O–H groups in total. The molecule has 2 atom stereocenters. The Labute approximate surface area is 201 Å². The van der Waals surface area contributed by atoms with Crippen LogP contribution in [0.5, 0.6) is 0 Å². The zero-order valence-electron chi connectivity index (χ0n) is 19.2. The van der Waals surface area contributed by atoms with E-state index in [-0.39, 0.29) is 6.04 Å². The molecule has 1 aliphatic heterocycles. The number of aryl methyl sites for hydroxylation is 1. The van der Waals surface area contributed by atoms with Crippen LogP contribution in [0.2, 0.25) is 0 Å². The smallest absolute Gasteiger partial charge is 0.254 e. The summed E-state index contributed by atoms with van der Waals surface area (Å²) in [7, 11) is 0. The van der Waals surface area contributed by atoms with Gasteiger partial charge in [-0.3, -0.25) is 4.57 Å². The second-order valence-electron chi connectivity index (χ2n) is 8.92. The second kappa shape index (κ2) is 8.53. The molecule has 5 aromatic rings. The van der Waals surface area contributed by atoms with Crippen molar-refractivity contribution in [2.45, 2.75) is 32.1 Å². The lowest BCUT2D eigenvalue weighted by atomic mass is 10.1. The standard InChI is InChI=1S/C27H24FN7/c1-17-12-21-19(14-29)8-5-9-23(21)34(17)27-32-26(31-15-18-6-3-2-4-7-18)25-11-10-24(35(25)33-27)22-13-20(28)16-30-22/h2-12,20,22,30H,13,15-16H2,1H3,(H,31,32,33)/t20?,22-/m0/s1. The minimum atomic E-state index is -0.873. The van der Waals surface area contributed by atoms with Crippen molar-refractivity contribution in [2.75, 3.05) is 11.9 Å². The summed E-state index contributed by atoms with van der Waals surface area (Å²) in [4.78, 5) is 4.92. The maximum Gasteiger partial charge on any atom is 0.254 e. The van der Waals surface area contributed by atoms with Gasteiger partial charge in [0.15, 0.2) is 5.82 Å². The molecular formula is C27H24FN7. The van der Waals surface area contributed by atoms with Crippen LogP contribution < -0.4 is 10.6 Å². The number of fused-ring (bicyclic) bond motifs is 2. The molecule has 3 aromatic heterocycles. The topological polar surface area (TPSA) is 83.0 Å². The highest BCUT2D eigenvalue weighted by Crippen LogP contribution is 2.30. The first-order valence-corrected chi connectivity index (χ1v) is 11.7. The van der Waals surface area contributed by atoms with Gasteiger partial charge in [-0.05, 0) is 42.8 Å². The quantitative estimate of drug-likeness (QED) is 0.388. The molecular weight excluding hydrogens is 441 g/mol. The fraction of sp³-hybridized carbons (Fsp3) is 0.222. The summed E-state index contributed by atoms with van der Waals surface area (Å²) in [5, 5.41) is 22.1. The maximum atomic E-state index is 14.0. The fourth-order valence-electron chi connectivity index (χ4n) is 4.92. The van der Waals surface area contributed by atoms with Crippen molar-refractivity contribution in [1.82, 2.24) is 24.5 Å². The first-order valence-electron chi connectivity index (χ1n) is 11.7. The number of halogens is 1. The van der Waals surface area contributed by atoms with Gasteiger partial charge in [0, 0.05) is 30.6 Å². The number of nitrogens with zero attached hydrogens (tertiary/aromatic N) is 5. The van der Waals surface area contributed by atoms with Gasteiger partial charge in [0.25, 0.3) is 5.95 Å². The minimum Gasteiger partial charge on any atom is -0.364 e. The number of rotatable bonds is 5. The van der Waals surface area contributed by atoms with Crippen LogP contribution >= 0.6 is 0 Å². The monoisotopic (exact) mass is 465 g/mol. The molecule has 0 saturated carbocycles. The highest BCUT2D eigenvalue weighted by molar-refractivity contribution is 5.88. The van der Waals surface area contributed by atoms with Crippen LogP contribution in [-0.4, -0.2) is 31.9 Å². The Morgan fingerprint density at radius 1 is 1.11 bits per heavy atom. The number of aromatic nitrogens is 4. The third-order valence-electron chi connectivity index (χ3n) is 6.62. The van der Waals surface area contributed by atoms with E-state index in [4.69, 9.17) is 10.1 Å². The highest BCUT2D eigenvalue weighted by atomic mass is 19.1. The van der Waals surface area contributed by atoms with Crippen molar-refractivity contribution in [3.8, 4) is 12.0 Å². The SMILES string of the molecule is Cc1cc2c(C#N)cccc2n1-c1nc(NCc2ccccc2)c2ccc([C@@H]3CC(F)CN3)n2n1. The zero-order valence-corrected chi connectivity index (χ0v) is 19.2. The van der Waals surface area contributed by atoms with Gasteiger partial charge in [0.1, 0.15) is 11.7 Å². The lowest BCUT2D eigenvalue weighted by Crippen LogP contribution is -2.18. The van der Waals surface area contributed by atoms with Crippen LogP contribution in [0.25, 0.3) is 22.4 Å². The van der Waals surface area contributed by atoms with Crippen LogP contribution in [0.4, 0.5) is 10.2 Å². The summed E-state index contributed by atoms with van der Waals surface area (Å²) in [6, 6.07) is 23.9. The largest absolute Gasteiger partial charge is 0.364 e. The molecule has 35 heavy (non-hydrogen) atoms. The van der Waals surface area contributed by atoms with Crippen molar-refractivity contribution in [2.24, 2.45) is 0 Å². The Kier molecular flexibility index (Phi) is 5.20. The van der Waals surface area contributed by atoms with Crippen molar-refractivity contribution in [3.05, 3.63) is 89.2 Å². The number of benzene rings is 2. The Hall–Kier alpha value is -4.22. The summed E-state index contributed by atoms with van der Waals surface area (Å²) in [6.07, 6.45) is -0.461. The molecule has 1 unspecified atom stereocenters. The summed E-state index contributed by atoms with van der Waals surface area (Å²) < 4.78 is 17.8. The lowest BCUT2D eigenvalue weighted by Gasteiger charge is -2.15. The molecule has 174 valence electrons. The molecule has 0 amide bonds. The van der Waals surface area contributed by atoms with Gasteiger partial charge < -0.3 is 10.6 Å². The Bertz CT molecular complexity index is 1580. The Morgan fingerprint density at radius 2 is 1.97 bits per heavy atom. The van der Waals surface area contributed by atoms with Crippen LogP contribution in [0.1, 0.15) is 35.0 Å². The molecule has 4 heterocycles. The summed E-state index contributed by atoms with van der Waals surface area (Å²) in [5.41, 5.74) is 5.27. The van der Waals surface area contributed by atoms with E-state index in [9.17, 15) is 9.65 Å². The average Bonchev–Trinajstić information content (AvgIpc) is 3.58. The van der Waals surface area contributed by atoms with E-state index in [1.54, 1.807) is 0 Å². The van der Waals surface area contributed by atoms with Gasteiger partial charge in [0.2, 0.25) is 0 Å². The summed E-state index contributed by atoms with van der Waals surface area (Å²) in [5.74, 6) is 1.18. The number of hydrogen-bond donors (Lipinski definition) is 2. The first-order chi connectivity index (χ1) is 17.1. The highest BCUT2D eigenvalue weighted by Gasteiger charge is 2.28. The Morgan fingerprint density at radius 3 is 2.74 bits per heavy atom. The number of nitrogens with one attached hydrogen (secondary N) is 2. The predicted octanol–water partition coefficient (Wildman–Crippen LogP) is 4.84. The molecule has 8 heteroatoms. The lowest BCUT2D eigenvalue weighted by molar-refractivity contribution is 0.355. The zero-order chi connectivity index (χ0) is 23.9. The maximum absolute atomic E-state index is 14.0. The van der Waals surface area contributed by atoms with Crippen molar-refractivity contribution < 1.29 is 4.39 Å². The van der Waals surface area contributed by atoms with E-state index in [1.807, 2.05) is 70.6 Å². The number of alkyl halides is 1. The van der Waals surface area contributed by atoms with E-state index in [1.165, 1.54) is 0 Å². The molecule has 1 saturated heterocycles. The van der Waals surface area contributed by atoms with Crippen LogP contribution in [0.3, 0.4) is 0 Å². The molecule has 0 aliphatic carbocycles. The van der Waals surface area contributed by atoms with Crippen LogP contribution in [0.15, 0.2) is 66.7 Å². The number of anilines is 1. The van der Waals surface area contributed by atoms with Gasteiger partial charge in [-0.2, -0.15) is 10.2 Å².